The van der Waals surface area contributed by atoms with Crippen molar-refractivity contribution in [2.45, 2.75) is 0 Å². The SMILES string of the molecule is CN(C)CCOc1cccc(-n2nc(-c3ccccc3)c3cccnc32)c1. The fourth-order valence-corrected chi connectivity index (χ4v) is 2.99. The molecule has 0 aliphatic rings. The summed E-state index contributed by atoms with van der Waals surface area (Å²) in [6.45, 7) is 1.51. The van der Waals surface area contributed by atoms with Crippen LogP contribution in [0.15, 0.2) is 72.9 Å². The maximum atomic E-state index is 5.88. The number of fused-ring (bicyclic) bond motifs is 1. The number of nitrogens with zero attached hydrogens (tertiary/aromatic N) is 4. The van der Waals surface area contributed by atoms with Gasteiger partial charge in [-0.3, -0.25) is 0 Å². The van der Waals surface area contributed by atoms with Gasteiger partial charge in [0.15, 0.2) is 5.65 Å². The van der Waals surface area contributed by atoms with Crippen molar-refractivity contribution in [3.8, 4) is 22.7 Å². The highest BCUT2D eigenvalue weighted by Crippen LogP contribution is 2.29. The van der Waals surface area contributed by atoms with Gasteiger partial charge in [-0.2, -0.15) is 5.10 Å². The maximum absolute atomic E-state index is 5.88. The van der Waals surface area contributed by atoms with Gasteiger partial charge in [0, 0.05) is 29.8 Å². The zero-order valence-electron chi connectivity index (χ0n) is 15.5. The molecule has 2 aromatic heterocycles. The molecule has 0 saturated heterocycles. The van der Waals surface area contributed by atoms with Crippen LogP contribution in [0.5, 0.6) is 5.75 Å². The number of benzene rings is 2. The van der Waals surface area contributed by atoms with Gasteiger partial charge < -0.3 is 9.64 Å². The second-order valence-electron chi connectivity index (χ2n) is 6.65. The minimum Gasteiger partial charge on any atom is -0.492 e. The molecule has 27 heavy (non-hydrogen) atoms. The summed E-state index contributed by atoms with van der Waals surface area (Å²) in [5, 5.41) is 5.90. The quantitative estimate of drug-likeness (QED) is 0.522. The van der Waals surface area contributed by atoms with Crippen LogP contribution in [0.25, 0.3) is 28.0 Å². The fraction of sp³-hybridized carbons (Fsp3) is 0.182. The fourth-order valence-electron chi connectivity index (χ4n) is 2.99. The number of hydrogen-bond donors (Lipinski definition) is 0. The molecule has 0 bridgehead atoms. The van der Waals surface area contributed by atoms with Crippen molar-refractivity contribution in [1.82, 2.24) is 19.7 Å². The molecule has 0 aliphatic carbocycles. The van der Waals surface area contributed by atoms with Crippen molar-refractivity contribution in [3.05, 3.63) is 72.9 Å². The normalized spacial score (nSPS) is 11.2. The average Bonchev–Trinajstić information content (AvgIpc) is 3.08. The monoisotopic (exact) mass is 358 g/mol. The molecule has 4 aromatic rings. The summed E-state index contributed by atoms with van der Waals surface area (Å²) in [7, 11) is 4.07. The first-order valence-electron chi connectivity index (χ1n) is 8.99. The first-order chi connectivity index (χ1) is 13.2. The first kappa shape index (κ1) is 17.2. The molecule has 0 unspecified atom stereocenters. The van der Waals surface area contributed by atoms with Gasteiger partial charge in [-0.05, 0) is 38.4 Å². The van der Waals surface area contributed by atoms with E-state index < -0.39 is 0 Å². The minimum absolute atomic E-state index is 0.643. The molecule has 0 N–H and O–H groups in total. The Labute approximate surface area is 158 Å². The zero-order valence-corrected chi connectivity index (χ0v) is 15.5. The van der Waals surface area contributed by atoms with Gasteiger partial charge >= 0.3 is 0 Å². The molecule has 0 saturated carbocycles. The lowest BCUT2D eigenvalue weighted by Gasteiger charge is -2.12. The van der Waals surface area contributed by atoms with Crippen LogP contribution in [-0.4, -0.2) is 46.9 Å². The highest BCUT2D eigenvalue weighted by Gasteiger charge is 2.14. The molecular weight excluding hydrogens is 336 g/mol. The van der Waals surface area contributed by atoms with Crippen LogP contribution in [0.1, 0.15) is 0 Å². The Hall–Kier alpha value is -3.18. The van der Waals surface area contributed by atoms with Crippen LogP contribution < -0.4 is 4.74 Å². The molecular formula is C22H22N4O. The number of likely N-dealkylation sites (N-methyl/N-ethyl adjacent to an activating group) is 1. The molecule has 0 atom stereocenters. The van der Waals surface area contributed by atoms with E-state index in [1.165, 1.54) is 0 Å². The van der Waals surface area contributed by atoms with Crippen LogP contribution in [0.4, 0.5) is 0 Å². The molecule has 0 spiro atoms. The minimum atomic E-state index is 0.643. The van der Waals surface area contributed by atoms with Gasteiger partial charge in [0.2, 0.25) is 0 Å². The lowest BCUT2D eigenvalue weighted by atomic mass is 10.1. The second-order valence-corrected chi connectivity index (χ2v) is 6.65. The molecule has 2 aromatic carbocycles. The van der Waals surface area contributed by atoms with E-state index in [1.807, 2.05) is 67.3 Å². The van der Waals surface area contributed by atoms with Crippen LogP contribution in [0.3, 0.4) is 0 Å². The zero-order chi connectivity index (χ0) is 18.6. The summed E-state index contributed by atoms with van der Waals surface area (Å²) in [4.78, 5) is 6.67. The largest absolute Gasteiger partial charge is 0.492 e. The third kappa shape index (κ3) is 3.68. The van der Waals surface area contributed by atoms with Crippen molar-refractivity contribution in [2.75, 3.05) is 27.2 Å². The molecule has 0 fully saturated rings. The maximum Gasteiger partial charge on any atom is 0.163 e. The Morgan fingerprint density at radius 1 is 0.963 bits per heavy atom. The number of rotatable bonds is 6. The van der Waals surface area contributed by atoms with Gasteiger partial charge in [-0.15, -0.1) is 0 Å². The van der Waals surface area contributed by atoms with E-state index in [1.54, 1.807) is 6.20 Å². The molecule has 0 aliphatic heterocycles. The summed E-state index contributed by atoms with van der Waals surface area (Å²) >= 11 is 0. The molecule has 2 heterocycles. The van der Waals surface area contributed by atoms with E-state index in [0.29, 0.717) is 6.61 Å². The van der Waals surface area contributed by atoms with Gasteiger partial charge in [0.25, 0.3) is 0 Å². The lowest BCUT2D eigenvalue weighted by molar-refractivity contribution is 0.261. The Balaban J connectivity index is 1.74. The summed E-state index contributed by atoms with van der Waals surface area (Å²) < 4.78 is 7.76. The summed E-state index contributed by atoms with van der Waals surface area (Å²) in [6.07, 6.45) is 1.80. The van der Waals surface area contributed by atoms with Crippen LogP contribution in [0, 0.1) is 0 Å². The molecule has 5 heteroatoms. The average molecular weight is 358 g/mol. The van der Waals surface area contributed by atoms with Gasteiger partial charge in [-0.25, -0.2) is 9.67 Å². The van der Waals surface area contributed by atoms with Crippen LogP contribution in [0.2, 0.25) is 0 Å². The van der Waals surface area contributed by atoms with Crippen molar-refractivity contribution in [1.29, 1.82) is 0 Å². The molecule has 0 amide bonds. The van der Waals surface area contributed by atoms with E-state index in [9.17, 15) is 0 Å². The Morgan fingerprint density at radius 3 is 2.63 bits per heavy atom. The van der Waals surface area contributed by atoms with Crippen LogP contribution >= 0.6 is 0 Å². The van der Waals surface area contributed by atoms with Gasteiger partial charge in [-0.1, -0.05) is 36.4 Å². The highest BCUT2D eigenvalue weighted by atomic mass is 16.5. The number of ether oxygens (including phenoxy) is 1. The number of aromatic nitrogens is 3. The van der Waals surface area contributed by atoms with Crippen molar-refractivity contribution in [3.63, 3.8) is 0 Å². The standard InChI is InChI=1S/C22H22N4O/c1-25(2)14-15-27-19-11-6-10-18(16-19)26-22-20(12-7-13-23-22)21(24-26)17-8-4-3-5-9-17/h3-13,16H,14-15H2,1-2H3. The predicted molar refractivity (Wildman–Crippen MR) is 108 cm³/mol. The molecule has 5 nitrogen and oxygen atoms in total. The molecule has 136 valence electrons. The van der Waals surface area contributed by atoms with Gasteiger partial charge in [0.1, 0.15) is 18.1 Å². The smallest absolute Gasteiger partial charge is 0.163 e. The topological polar surface area (TPSA) is 43.2 Å². The summed E-state index contributed by atoms with van der Waals surface area (Å²) in [5.74, 6) is 0.829. The summed E-state index contributed by atoms with van der Waals surface area (Å²) in [5.41, 5.74) is 3.77. The first-order valence-corrected chi connectivity index (χ1v) is 8.99. The van der Waals surface area contributed by atoms with Crippen molar-refractivity contribution in [2.24, 2.45) is 0 Å². The Morgan fingerprint density at radius 2 is 1.81 bits per heavy atom. The lowest BCUT2D eigenvalue weighted by Crippen LogP contribution is -2.19. The Bertz CT molecular complexity index is 1040. The third-order valence-electron chi connectivity index (χ3n) is 4.36. The predicted octanol–water partition coefficient (Wildman–Crippen LogP) is 4.03. The van der Waals surface area contributed by atoms with Crippen molar-refractivity contribution >= 4 is 11.0 Å². The van der Waals surface area contributed by atoms with E-state index >= 15 is 0 Å². The van der Waals surface area contributed by atoms with Crippen LogP contribution in [-0.2, 0) is 0 Å². The number of pyridine rings is 1. The van der Waals surface area contributed by atoms with E-state index in [4.69, 9.17) is 9.84 Å². The van der Waals surface area contributed by atoms with Crippen molar-refractivity contribution < 1.29 is 4.74 Å². The van der Waals surface area contributed by atoms with E-state index in [2.05, 4.69) is 28.1 Å². The molecule has 4 rings (SSSR count). The second kappa shape index (κ2) is 7.60. The van der Waals surface area contributed by atoms with E-state index in [-0.39, 0.29) is 0 Å². The van der Waals surface area contributed by atoms with Gasteiger partial charge in [0.05, 0.1) is 5.69 Å². The van der Waals surface area contributed by atoms with E-state index in [0.717, 1.165) is 40.3 Å². The Kier molecular flexibility index (Phi) is 4.85. The third-order valence-corrected chi connectivity index (χ3v) is 4.36. The molecule has 0 radical (unpaired) electrons. The summed E-state index contributed by atoms with van der Waals surface area (Å²) in [6, 6.07) is 22.2. The highest BCUT2D eigenvalue weighted by molar-refractivity contribution is 5.91. The number of hydrogen-bond acceptors (Lipinski definition) is 4.